The van der Waals surface area contributed by atoms with Crippen LogP contribution in [0.15, 0.2) is 116 Å². The molecule has 0 aliphatic rings. The Morgan fingerprint density at radius 2 is 1.14 bits per heavy atom. The highest BCUT2D eigenvalue weighted by Gasteiger charge is 2.37. The summed E-state index contributed by atoms with van der Waals surface area (Å²) in [5.41, 5.74) is 2.46. The summed E-state index contributed by atoms with van der Waals surface area (Å²) in [5, 5.41) is 0. The minimum absolute atomic E-state index is 0.228. The summed E-state index contributed by atoms with van der Waals surface area (Å²) in [6.45, 7) is 8.44. The molecule has 3 aromatic rings. The van der Waals surface area contributed by atoms with Gasteiger partial charge in [-0.1, -0.05) is 103 Å². The van der Waals surface area contributed by atoms with Gasteiger partial charge in [-0.3, -0.25) is 0 Å². The SMILES string of the molecule is C=CCO[C@@H](C=C)COC(c1ccccc1)(c1ccccc1)c1ccccc1. The molecule has 0 aliphatic carbocycles. The molecule has 28 heavy (non-hydrogen) atoms. The second-order valence-corrected chi connectivity index (χ2v) is 6.49. The van der Waals surface area contributed by atoms with Crippen LogP contribution in [0.2, 0.25) is 0 Å². The van der Waals surface area contributed by atoms with Crippen LogP contribution in [-0.4, -0.2) is 19.3 Å². The molecular weight excluding hydrogens is 344 g/mol. The van der Waals surface area contributed by atoms with Crippen molar-refractivity contribution in [2.45, 2.75) is 11.7 Å². The van der Waals surface area contributed by atoms with Crippen molar-refractivity contribution in [2.24, 2.45) is 0 Å². The minimum Gasteiger partial charge on any atom is -0.368 e. The molecule has 0 radical (unpaired) electrons. The van der Waals surface area contributed by atoms with E-state index >= 15 is 0 Å². The Labute approximate surface area is 167 Å². The number of rotatable bonds is 10. The van der Waals surface area contributed by atoms with Crippen molar-refractivity contribution in [2.75, 3.05) is 13.2 Å². The third-order valence-corrected chi connectivity index (χ3v) is 4.70. The van der Waals surface area contributed by atoms with Gasteiger partial charge in [0, 0.05) is 0 Å². The van der Waals surface area contributed by atoms with Crippen molar-refractivity contribution >= 4 is 0 Å². The summed E-state index contributed by atoms with van der Waals surface area (Å²) in [5.74, 6) is 0. The van der Waals surface area contributed by atoms with Crippen LogP contribution >= 0.6 is 0 Å². The van der Waals surface area contributed by atoms with E-state index in [9.17, 15) is 0 Å². The molecule has 2 heteroatoms. The first-order valence-corrected chi connectivity index (χ1v) is 9.47. The van der Waals surface area contributed by atoms with Crippen LogP contribution in [0.4, 0.5) is 0 Å². The van der Waals surface area contributed by atoms with Gasteiger partial charge < -0.3 is 9.47 Å². The molecule has 3 aromatic carbocycles. The lowest BCUT2D eigenvalue weighted by Gasteiger charge is -2.36. The zero-order chi connectivity index (χ0) is 19.7. The van der Waals surface area contributed by atoms with E-state index in [1.165, 1.54) is 0 Å². The molecule has 0 aromatic heterocycles. The summed E-state index contributed by atoms with van der Waals surface area (Å²) < 4.78 is 12.5. The maximum absolute atomic E-state index is 6.71. The summed E-state index contributed by atoms with van der Waals surface area (Å²) in [6.07, 6.45) is 3.28. The van der Waals surface area contributed by atoms with E-state index in [0.717, 1.165) is 16.7 Å². The van der Waals surface area contributed by atoms with Gasteiger partial charge in [0.05, 0.1) is 19.3 Å². The first kappa shape index (κ1) is 19.8. The fraction of sp³-hybridized carbons (Fsp3) is 0.154. The minimum atomic E-state index is -0.747. The second-order valence-electron chi connectivity index (χ2n) is 6.49. The molecule has 0 saturated carbocycles. The normalized spacial score (nSPS) is 12.3. The second kappa shape index (κ2) is 9.84. The van der Waals surface area contributed by atoms with Gasteiger partial charge in [-0.15, -0.1) is 13.2 Å². The largest absolute Gasteiger partial charge is 0.368 e. The predicted molar refractivity (Wildman–Crippen MR) is 115 cm³/mol. The zero-order valence-electron chi connectivity index (χ0n) is 16.0. The zero-order valence-corrected chi connectivity index (χ0v) is 16.0. The molecule has 0 spiro atoms. The van der Waals surface area contributed by atoms with Crippen LogP contribution in [-0.2, 0) is 15.1 Å². The molecular formula is C26H26O2. The average molecular weight is 370 g/mol. The Balaban J connectivity index is 2.11. The first-order chi connectivity index (χ1) is 13.8. The molecule has 0 N–H and O–H groups in total. The maximum atomic E-state index is 6.71. The third kappa shape index (κ3) is 4.30. The van der Waals surface area contributed by atoms with Gasteiger partial charge in [0.2, 0.25) is 0 Å². The molecule has 0 aliphatic heterocycles. The third-order valence-electron chi connectivity index (χ3n) is 4.70. The Hall–Kier alpha value is -2.94. The lowest BCUT2D eigenvalue weighted by molar-refractivity contribution is -0.0429. The average Bonchev–Trinajstić information content (AvgIpc) is 2.78. The Kier molecular flexibility index (Phi) is 6.96. The van der Waals surface area contributed by atoms with Crippen LogP contribution in [0.3, 0.4) is 0 Å². The predicted octanol–water partition coefficient (Wildman–Crippen LogP) is 5.75. The lowest BCUT2D eigenvalue weighted by atomic mass is 9.80. The van der Waals surface area contributed by atoms with Crippen LogP contribution < -0.4 is 0 Å². The van der Waals surface area contributed by atoms with E-state index in [0.29, 0.717) is 13.2 Å². The quantitative estimate of drug-likeness (QED) is 0.334. The van der Waals surface area contributed by atoms with Crippen molar-refractivity contribution in [3.8, 4) is 0 Å². The topological polar surface area (TPSA) is 18.5 Å². The molecule has 1 atom stereocenters. The summed E-state index contributed by atoms with van der Waals surface area (Å²) in [6, 6.07) is 30.9. The van der Waals surface area contributed by atoms with E-state index in [-0.39, 0.29) is 6.10 Å². The maximum Gasteiger partial charge on any atom is 0.143 e. The van der Waals surface area contributed by atoms with Crippen molar-refractivity contribution < 1.29 is 9.47 Å². The van der Waals surface area contributed by atoms with Gasteiger partial charge in [-0.2, -0.15) is 0 Å². The van der Waals surface area contributed by atoms with Crippen molar-refractivity contribution in [1.82, 2.24) is 0 Å². The van der Waals surface area contributed by atoms with Crippen LogP contribution in [0.25, 0.3) is 0 Å². The van der Waals surface area contributed by atoms with Crippen LogP contribution in [0.5, 0.6) is 0 Å². The summed E-state index contributed by atoms with van der Waals surface area (Å²) >= 11 is 0. The number of hydrogen-bond acceptors (Lipinski definition) is 2. The fourth-order valence-electron chi connectivity index (χ4n) is 3.35. The highest BCUT2D eigenvalue weighted by Crippen LogP contribution is 2.40. The molecule has 142 valence electrons. The first-order valence-electron chi connectivity index (χ1n) is 9.47. The number of benzene rings is 3. The summed E-state index contributed by atoms with van der Waals surface area (Å²) in [7, 11) is 0. The van der Waals surface area contributed by atoms with E-state index in [1.54, 1.807) is 12.2 Å². The molecule has 0 unspecified atom stereocenters. The van der Waals surface area contributed by atoms with Gasteiger partial charge in [0.15, 0.2) is 0 Å². The van der Waals surface area contributed by atoms with Crippen molar-refractivity contribution in [3.63, 3.8) is 0 Å². The number of ether oxygens (including phenoxy) is 2. The van der Waals surface area contributed by atoms with Gasteiger partial charge in [-0.25, -0.2) is 0 Å². The Morgan fingerprint density at radius 3 is 1.50 bits per heavy atom. The Bertz CT molecular complexity index is 760. The smallest absolute Gasteiger partial charge is 0.143 e. The molecule has 3 rings (SSSR count). The lowest BCUT2D eigenvalue weighted by Crippen LogP contribution is -2.36. The molecule has 0 amide bonds. The highest BCUT2D eigenvalue weighted by molar-refractivity contribution is 5.47. The summed E-state index contributed by atoms with van der Waals surface area (Å²) in [4.78, 5) is 0. The molecule has 2 nitrogen and oxygen atoms in total. The van der Waals surface area contributed by atoms with E-state index < -0.39 is 5.60 Å². The highest BCUT2D eigenvalue weighted by atomic mass is 16.5. The Morgan fingerprint density at radius 1 is 0.714 bits per heavy atom. The standard InChI is InChI=1S/C26H26O2/c1-3-20-27-25(4-2)21-28-26(22-14-8-5-9-15-22,23-16-10-6-11-17-23)24-18-12-7-13-19-24/h3-19,25H,1-2,20-21H2/t25-/m0/s1. The van der Waals surface area contributed by atoms with Crippen LogP contribution in [0, 0.1) is 0 Å². The number of hydrogen-bond donors (Lipinski definition) is 0. The van der Waals surface area contributed by atoms with Gasteiger partial charge in [0.25, 0.3) is 0 Å². The van der Waals surface area contributed by atoms with Crippen molar-refractivity contribution in [3.05, 3.63) is 133 Å². The van der Waals surface area contributed by atoms with E-state index in [4.69, 9.17) is 9.47 Å². The van der Waals surface area contributed by atoms with Crippen molar-refractivity contribution in [1.29, 1.82) is 0 Å². The van der Waals surface area contributed by atoms with Gasteiger partial charge in [0.1, 0.15) is 5.60 Å². The van der Waals surface area contributed by atoms with E-state index in [1.807, 2.05) is 54.6 Å². The fourth-order valence-corrected chi connectivity index (χ4v) is 3.35. The molecule has 0 fully saturated rings. The molecule has 0 bridgehead atoms. The monoisotopic (exact) mass is 370 g/mol. The molecule has 0 saturated heterocycles. The van der Waals surface area contributed by atoms with Crippen LogP contribution in [0.1, 0.15) is 16.7 Å². The molecule has 0 heterocycles. The van der Waals surface area contributed by atoms with Gasteiger partial charge in [-0.05, 0) is 16.7 Å². The van der Waals surface area contributed by atoms with Gasteiger partial charge >= 0.3 is 0 Å². The van der Waals surface area contributed by atoms with E-state index in [2.05, 4.69) is 49.6 Å².